The quantitative estimate of drug-likeness (QED) is 0.842. The third-order valence-corrected chi connectivity index (χ3v) is 3.57. The van der Waals surface area contributed by atoms with Gasteiger partial charge in [-0.25, -0.2) is 9.48 Å². The van der Waals surface area contributed by atoms with Gasteiger partial charge in [0.15, 0.2) is 5.69 Å². The number of carboxylic acids is 1. The lowest BCUT2D eigenvalue weighted by Gasteiger charge is -2.08. The van der Waals surface area contributed by atoms with Crippen molar-refractivity contribution in [2.24, 2.45) is 5.92 Å². The summed E-state index contributed by atoms with van der Waals surface area (Å²) in [6.45, 7) is 4.50. The summed E-state index contributed by atoms with van der Waals surface area (Å²) < 4.78 is 1.32. The molecule has 0 atom stereocenters. The molecule has 8 heteroatoms. The zero-order valence-electron chi connectivity index (χ0n) is 11.7. The molecule has 21 heavy (non-hydrogen) atoms. The fourth-order valence-corrected chi connectivity index (χ4v) is 2.51. The van der Waals surface area contributed by atoms with Crippen LogP contribution in [0.3, 0.4) is 0 Å². The van der Waals surface area contributed by atoms with E-state index in [-0.39, 0.29) is 18.1 Å². The summed E-state index contributed by atoms with van der Waals surface area (Å²) >= 11 is 1.38. The topological polar surface area (TPSA) is 97.1 Å². The fourth-order valence-electron chi connectivity index (χ4n) is 1.73. The van der Waals surface area contributed by atoms with Crippen molar-refractivity contribution in [3.05, 3.63) is 23.2 Å². The Bertz CT molecular complexity index is 634. The van der Waals surface area contributed by atoms with Crippen LogP contribution in [0.4, 0.5) is 0 Å². The van der Waals surface area contributed by atoms with Gasteiger partial charge in [-0.05, 0) is 17.4 Å². The highest BCUT2D eigenvalue weighted by molar-refractivity contribution is 7.13. The number of carbonyl (C=O) groups is 2. The molecule has 112 valence electrons. The first-order chi connectivity index (χ1) is 9.99. The van der Waals surface area contributed by atoms with E-state index in [9.17, 15) is 14.7 Å². The summed E-state index contributed by atoms with van der Waals surface area (Å²) in [6, 6.07) is 3.58. The van der Waals surface area contributed by atoms with Crippen LogP contribution in [0.5, 0.6) is 0 Å². The van der Waals surface area contributed by atoms with E-state index in [1.807, 2.05) is 25.3 Å². The minimum Gasteiger partial charge on any atom is -0.476 e. The lowest BCUT2D eigenvalue weighted by atomic mass is 10.2. The van der Waals surface area contributed by atoms with Crippen molar-refractivity contribution in [2.45, 2.75) is 20.4 Å². The minimum atomic E-state index is -1.16. The predicted octanol–water partition coefficient (Wildman–Crippen LogP) is 1.48. The molecule has 0 saturated heterocycles. The smallest absolute Gasteiger partial charge is 0.358 e. The average molecular weight is 308 g/mol. The summed E-state index contributed by atoms with van der Waals surface area (Å²) in [5, 5.41) is 21.2. The minimum absolute atomic E-state index is 0.0553. The van der Waals surface area contributed by atoms with E-state index in [4.69, 9.17) is 0 Å². The molecule has 2 rings (SSSR count). The van der Waals surface area contributed by atoms with Crippen molar-refractivity contribution >= 4 is 23.2 Å². The number of hydrogen-bond donors (Lipinski definition) is 2. The predicted molar refractivity (Wildman–Crippen MR) is 78.1 cm³/mol. The van der Waals surface area contributed by atoms with E-state index >= 15 is 0 Å². The highest BCUT2D eigenvalue weighted by Gasteiger charge is 2.22. The fraction of sp³-hybridized carbons (Fsp3) is 0.385. The van der Waals surface area contributed by atoms with Crippen LogP contribution in [-0.2, 0) is 11.3 Å². The number of rotatable bonds is 6. The van der Waals surface area contributed by atoms with E-state index in [0.717, 1.165) is 0 Å². The highest BCUT2D eigenvalue weighted by Crippen LogP contribution is 2.26. The molecule has 0 aliphatic rings. The van der Waals surface area contributed by atoms with Crippen LogP contribution in [0.2, 0.25) is 0 Å². The van der Waals surface area contributed by atoms with Gasteiger partial charge >= 0.3 is 5.97 Å². The molecule has 2 N–H and O–H groups in total. The molecule has 2 aromatic heterocycles. The third kappa shape index (κ3) is 3.66. The zero-order chi connectivity index (χ0) is 15.4. The van der Waals surface area contributed by atoms with Gasteiger partial charge in [0.25, 0.3) is 0 Å². The standard InChI is InChI=1S/C13H16N4O3S/c1-8(2)6-14-10(18)7-17-12(9-4-3-5-21-9)11(13(19)20)15-16-17/h3-5,8H,6-7H2,1-2H3,(H,14,18)(H,19,20). The number of carbonyl (C=O) groups excluding carboxylic acids is 1. The molecule has 0 aromatic carbocycles. The van der Waals surface area contributed by atoms with E-state index in [2.05, 4.69) is 15.6 Å². The molecule has 0 unspecified atom stereocenters. The van der Waals surface area contributed by atoms with Gasteiger partial charge in [-0.1, -0.05) is 25.1 Å². The number of aromatic nitrogens is 3. The molecule has 0 saturated carbocycles. The Kier molecular flexibility index (Phi) is 4.69. The third-order valence-electron chi connectivity index (χ3n) is 2.69. The summed E-state index contributed by atoms with van der Waals surface area (Å²) in [5.41, 5.74) is 0.214. The maximum atomic E-state index is 11.9. The van der Waals surface area contributed by atoms with E-state index in [1.54, 1.807) is 6.07 Å². The Morgan fingerprint density at radius 1 is 1.48 bits per heavy atom. The number of nitrogens with zero attached hydrogens (tertiary/aromatic N) is 3. The molecule has 0 aliphatic heterocycles. The van der Waals surface area contributed by atoms with Crippen molar-refractivity contribution in [2.75, 3.05) is 6.54 Å². The lowest BCUT2D eigenvalue weighted by molar-refractivity contribution is -0.122. The Morgan fingerprint density at radius 3 is 2.81 bits per heavy atom. The molecule has 1 amide bonds. The van der Waals surface area contributed by atoms with Gasteiger partial charge in [0, 0.05) is 6.54 Å². The van der Waals surface area contributed by atoms with E-state index in [0.29, 0.717) is 23.0 Å². The molecule has 0 bridgehead atoms. The van der Waals surface area contributed by atoms with E-state index in [1.165, 1.54) is 16.0 Å². The van der Waals surface area contributed by atoms with Crippen molar-refractivity contribution in [1.29, 1.82) is 0 Å². The molecule has 0 aliphatic carbocycles. The maximum absolute atomic E-state index is 11.9. The van der Waals surface area contributed by atoms with Crippen LogP contribution in [0, 0.1) is 5.92 Å². The van der Waals surface area contributed by atoms with Gasteiger partial charge in [0.05, 0.1) is 4.88 Å². The van der Waals surface area contributed by atoms with Crippen LogP contribution in [-0.4, -0.2) is 38.5 Å². The molecule has 7 nitrogen and oxygen atoms in total. The second-order valence-electron chi connectivity index (χ2n) is 4.92. The Morgan fingerprint density at radius 2 is 2.24 bits per heavy atom. The first kappa shape index (κ1) is 15.2. The molecular weight excluding hydrogens is 292 g/mol. The number of thiophene rings is 1. The summed E-state index contributed by atoms with van der Waals surface area (Å²) in [7, 11) is 0. The molecule has 2 aromatic rings. The zero-order valence-corrected chi connectivity index (χ0v) is 12.6. The summed E-state index contributed by atoms with van der Waals surface area (Å²) in [6.07, 6.45) is 0. The number of nitrogens with one attached hydrogen (secondary N) is 1. The van der Waals surface area contributed by atoms with Gasteiger partial charge in [-0.2, -0.15) is 0 Å². The first-order valence-electron chi connectivity index (χ1n) is 6.46. The summed E-state index contributed by atoms with van der Waals surface area (Å²) in [5.74, 6) is -1.04. The highest BCUT2D eigenvalue weighted by atomic mass is 32.1. The van der Waals surface area contributed by atoms with Crippen LogP contribution in [0.1, 0.15) is 24.3 Å². The number of amides is 1. The van der Waals surface area contributed by atoms with Crippen LogP contribution in [0.15, 0.2) is 17.5 Å². The molecule has 0 fully saturated rings. The van der Waals surface area contributed by atoms with Crippen molar-refractivity contribution in [1.82, 2.24) is 20.3 Å². The van der Waals surface area contributed by atoms with Gasteiger partial charge in [-0.15, -0.1) is 16.4 Å². The lowest BCUT2D eigenvalue weighted by Crippen LogP contribution is -2.31. The van der Waals surface area contributed by atoms with Gasteiger partial charge in [0.2, 0.25) is 5.91 Å². The van der Waals surface area contributed by atoms with Crippen LogP contribution in [0.25, 0.3) is 10.6 Å². The van der Waals surface area contributed by atoms with Crippen molar-refractivity contribution in [3.63, 3.8) is 0 Å². The molecule has 0 radical (unpaired) electrons. The second kappa shape index (κ2) is 6.49. The second-order valence-corrected chi connectivity index (χ2v) is 5.87. The first-order valence-corrected chi connectivity index (χ1v) is 7.34. The monoisotopic (exact) mass is 308 g/mol. The molecular formula is C13H16N4O3S. The largest absolute Gasteiger partial charge is 0.476 e. The van der Waals surface area contributed by atoms with Gasteiger partial charge in [0.1, 0.15) is 12.2 Å². The number of aromatic carboxylic acids is 1. The normalized spacial score (nSPS) is 10.8. The van der Waals surface area contributed by atoms with Crippen LogP contribution >= 0.6 is 11.3 Å². The Balaban J connectivity index is 2.24. The van der Waals surface area contributed by atoms with Gasteiger partial charge < -0.3 is 10.4 Å². The number of hydrogen-bond acceptors (Lipinski definition) is 5. The molecule has 2 heterocycles. The summed E-state index contributed by atoms with van der Waals surface area (Å²) in [4.78, 5) is 23.8. The van der Waals surface area contributed by atoms with E-state index < -0.39 is 5.97 Å². The molecule has 0 spiro atoms. The van der Waals surface area contributed by atoms with Gasteiger partial charge in [-0.3, -0.25) is 4.79 Å². The maximum Gasteiger partial charge on any atom is 0.358 e. The van der Waals surface area contributed by atoms with Crippen molar-refractivity contribution < 1.29 is 14.7 Å². The Hall–Kier alpha value is -2.22. The van der Waals surface area contributed by atoms with Crippen LogP contribution < -0.4 is 5.32 Å². The Labute approximate surface area is 125 Å². The SMILES string of the molecule is CC(C)CNC(=O)Cn1nnc(C(=O)O)c1-c1cccs1. The van der Waals surface area contributed by atoms with Crippen molar-refractivity contribution in [3.8, 4) is 10.6 Å². The average Bonchev–Trinajstić information content (AvgIpc) is 3.04. The number of carboxylic acid groups (broad SMARTS) is 1.